The average Bonchev–Trinajstić information content (AvgIpc) is 2.95. The third-order valence-electron chi connectivity index (χ3n) is 3.65. The zero-order valence-corrected chi connectivity index (χ0v) is 9.00. The molecule has 7 nitrogen and oxygen atoms in total. The molecule has 2 rings (SSSR count). The number of nitrogens with zero attached hydrogens (tertiary/aromatic N) is 1. The molecule has 94 valence electrons. The summed E-state index contributed by atoms with van der Waals surface area (Å²) in [5.41, 5.74) is -0.298. The van der Waals surface area contributed by atoms with E-state index in [1.165, 1.54) is 0 Å². The average molecular weight is 243 g/mol. The summed E-state index contributed by atoms with van der Waals surface area (Å²) in [6.45, 7) is 0.128. The summed E-state index contributed by atoms with van der Waals surface area (Å²) in [5, 5.41) is 27.0. The highest BCUT2D eigenvalue weighted by molar-refractivity contribution is 5.86. The van der Waals surface area contributed by atoms with Gasteiger partial charge in [-0.1, -0.05) is 0 Å². The van der Waals surface area contributed by atoms with Crippen LogP contribution in [0.5, 0.6) is 0 Å². The summed E-state index contributed by atoms with van der Waals surface area (Å²) >= 11 is 0. The van der Waals surface area contributed by atoms with Crippen molar-refractivity contribution in [3.8, 4) is 0 Å². The first kappa shape index (κ1) is 11.7. The quantitative estimate of drug-likeness (QED) is 0.642. The number of rotatable bonds is 2. The zero-order valence-electron chi connectivity index (χ0n) is 9.00. The Kier molecular flexibility index (Phi) is 2.48. The Labute approximate surface area is 96.6 Å². The van der Waals surface area contributed by atoms with Gasteiger partial charge in [0.05, 0.1) is 5.92 Å². The summed E-state index contributed by atoms with van der Waals surface area (Å²) in [6.07, 6.45) is 0.428. The largest absolute Gasteiger partial charge is 0.481 e. The fourth-order valence-corrected chi connectivity index (χ4v) is 2.57. The lowest BCUT2D eigenvalue weighted by atomic mass is 9.81. The third kappa shape index (κ3) is 1.92. The maximum Gasteiger partial charge on any atom is 0.408 e. The topological polar surface area (TPSA) is 115 Å². The summed E-state index contributed by atoms with van der Waals surface area (Å²) in [5.74, 6) is -3.79. The van der Waals surface area contributed by atoms with Crippen molar-refractivity contribution in [3.63, 3.8) is 0 Å². The number of amides is 1. The number of carboxylic acids is 2. The van der Waals surface area contributed by atoms with Crippen molar-refractivity contribution in [3.05, 3.63) is 0 Å². The number of hydrogen-bond acceptors (Lipinski definition) is 3. The Hall–Kier alpha value is -1.79. The van der Waals surface area contributed by atoms with Crippen molar-refractivity contribution in [1.82, 2.24) is 4.90 Å². The van der Waals surface area contributed by atoms with E-state index in [1.54, 1.807) is 0 Å². The minimum atomic E-state index is -1.48. The fourth-order valence-electron chi connectivity index (χ4n) is 2.57. The molecule has 1 saturated carbocycles. The van der Waals surface area contributed by atoms with E-state index in [1.807, 2.05) is 0 Å². The van der Waals surface area contributed by atoms with Crippen LogP contribution < -0.4 is 0 Å². The van der Waals surface area contributed by atoms with Crippen LogP contribution in [0.4, 0.5) is 4.79 Å². The van der Waals surface area contributed by atoms with Crippen molar-refractivity contribution in [2.24, 2.45) is 11.3 Å². The van der Waals surface area contributed by atoms with Gasteiger partial charge in [-0.25, -0.2) is 9.59 Å². The van der Waals surface area contributed by atoms with E-state index in [2.05, 4.69) is 0 Å². The highest BCUT2D eigenvalue weighted by Gasteiger charge is 2.57. The molecule has 0 aromatic heterocycles. The Morgan fingerprint density at radius 1 is 1.06 bits per heavy atom. The van der Waals surface area contributed by atoms with Crippen LogP contribution in [0.15, 0.2) is 0 Å². The van der Waals surface area contributed by atoms with Crippen LogP contribution in [0.1, 0.15) is 19.3 Å². The van der Waals surface area contributed by atoms with Crippen LogP contribution in [0.25, 0.3) is 0 Å². The number of hydrogen-bond donors (Lipinski definition) is 3. The van der Waals surface area contributed by atoms with Gasteiger partial charge >= 0.3 is 18.0 Å². The lowest BCUT2D eigenvalue weighted by Crippen LogP contribution is -2.57. The number of likely N-dealkylation sites (tertiary alicyclic amines) is 1. The fraction of sp³-hybridized carbons (Fsp3) is 0.700. The summed E-state index contributed by atoms with van der Waals surface area (Å²) in [6, 6.07) is -1.48. The van der Waals surface area contributed by atoms with Gasteiger partial charge in [-0.15, -0.1) is 0 Å². The van der Waals surface area contributed by atoms with Crippen LogP contribution in [-0.4, -0.2) is 50.8 Å². The van der Waals surface area contributed by atoms with Crippen LogP contribution in [-0.2, 0) is 9.59 Å². The van der Waals surface area contributed by atoms with Gasteiger partial charge in [0.1, 0.15) is 6.04 Å². The molecule has 2 aliphatic rings. The highest BCUT2D eigenvalue weighted by atomic mass is 16.4. The number of aliphatic carboxylic acids is 2. The van der Waals surface area contributed by atoms with Crippen molar-refractivity contribution in [2.45, 2.75) is 25.3 Å². The molecule has 1 amide bonds. The standard InChI is InChI=1S/C10H13NO6/c12-7(13)5-3-10(1-2-10)4-11(9(16)17)6(5)8(14)15/h5-6H,1-4H2,(H,12,13)(H,14,15)(H,16,17). The second-order valence-electron chi connectivity index (χ2n) is 4.84. The Balaban J connectivity index is 2.32. The van der Waals surface area contributed by atoms with E-state index in [0.29, 0.717) is 0 Å². The first-order chi connectivity index (χ1) is 7.86. The molecular weight excluding hydrogens is 230 g/mol. The van der Waals surface area contributed by atoms with Crippen molar-refractivity contribution < 1.29 is 29.7 Å². The van der Waals surface area contributed by atoms with Gasteiger partial charge in [0.15, 0.2) is 0 Å². The molecule has 0 radical (unpaired) electrons. The van der Waals surface area contributed by atoms with E-state index in [0.717, 1.165) is 17.7 Å². The van der Waals surface area contributed by atoms with Crippen LogP contribution in [0, 0.1) is 11.3 Å². The van der Waals surface area contributed by atoms with Crippen molar-refractivity contribution in [1.29, 1.82) is 0 Å². The lowest BCUT2D eigenvalue weighted by Gasteiger charge is -2.39. The first-order valence-corrected chi connectivity index (χ1v) is 5.31. The van der Waals surface area contributed by atoms with Gasteiger partial charge in [-0.2, -0.15) is 0 Å². The molecule has 3 N–H and O–H groups in total. The monoisotopic (exact) mass is 243 g/mol. The number of carboxylic acid groups (broad SMARTS) is 3. The van der Waals surface area contributed by atoms with Gasteiger partial charge in [-0.05, 0) is 24.7 Å². The summed E-state index contributed by atoms with van der Waals surface area (Å²) in [4.78, 5) is 33.9. The molecule has 0 aromatic rings. The van der Waals surface area contributed by atoms with E-state index < -0.39 is 30.0 Å². The molecule has 1 aliphatic heterocycles. The van der Waals surface area contributed by atoms with Crippen molar-refractivity contribution >= 4 is 18.0 Å². The molecule has 0 aromatic carbocycles. The minimum absolute atomic E-state index is 0.128. The smallest absolute Gasteiger partial charge is 0.408 e. The predicted molar refractivity (Wildman–Crippen MR) is 53.6 cm³/mol. The van der Waals surface area contributed by atoms with Gasteiger partial charge in [0.25, 0.3) is 0 Å². The molecule has 17 heavy (non-hydrogen) atoms. The van der Waals surface area contributed by atoms with Gasteiger partial charge in [0, 0.05) is 6.54 Å². The van der Waals surface area contributed by atoms with Crippen LogP contribution >= 0.6 is 0 Å². The molecule has 2 fully saturated rings. The lowest BCUT2D eigenvalue weighted by molar-refractivity contribution is -0.158. The SMILES string of the molecule is O=C(O)C1CC2(CC2)CN(C(=O)O)C1C(=O)O. The first-order valence-electron chi connectivity index (χ1n) is 5.31. The Morgan fingerprint density at radius 3 is 2.00 bits per heavy atom. The van der Waals surface area contributed by atoms with E-state index in [4.69, 9.17) is 15.3 Å². The summed E-state index contributed by atoms with van der Waals surface area (Å²) < 4.78 is 0. The Morgan fingerprint density at radius 2 is 1.65 bits per heavy atom. The van der Waals surface area contributed by atoms with Gasteiger partial charge in [0.2, 0.25) is 0 Å². The normalized spacial score (nSPS) is 30.0. The molecular formula is C10H13NO6. The van der Waals surface area contributed by atoms with E-state index in [9.17, 15) is 14.4 Å². The van der Waals surface area contributed by atoms with Crippen LogP contribution in [0.2, 0.25) is 0 Å². The molecule has 7 heteroatoms. The zero-order chi connectivity index (χ0) is 12.8. The third-order valence-corrected chi connectivity index (χ3v) is 3.65. The molecule has 1 saturated heterocycles. The minimum Gasteiger partial charge on any atom is -0.481 e. The molecule has 1 heterocycles. The maximum absolute atomic E-state index is 11.1. The number of carbonyl (C=O) groups is 3. The van der Waals surface area contributed by atoms with E-state index >= 15 is 0 Å². The van der Waals surface area contributed by atoms with Crippen LogP contribution in [0.3, 0.4) is 0 Å². The van der Waals surface area contributed by atoms with Gasteiger partial charge < -0.3 is 15.3 Å². The maximum atomic E-state index is 11.1. The molecule has 1 spiro atoms. The second kappa shape index (κ2) is 3.61. The summed E-state index contributed by atoms with van der Waals surface area (Å²) in [7, 11) is 0. The van der Waals surface area contributed by atoms with Crippen molar-refractivity contribution in [2.75, 3.05) is 6.54 Å². The Bertz CT molecular complexity index is 362. The molecule has 0 bridgehead atoms. The molecule has 1 aliphatic carbocycles. The van der Waals surface area contributed by atoms with Gasteiger partial charge in [-0.3, -0.25) is 9.69 Å². The highest BCUT2D eigenvalue weighted by Crippen LogP contribution is 2.54. The van der Waals surface area contributed by atoms with E-state index in [-0.39, 0.29) is 18.4 Å². The molecule has 2 atom stereocenters. The second-order valence-corrected chi connectivity index (χ2v) is 4.84. The predicted octanol–water partition coefficient (Wildman–Crippen LogP) is 0.304. The molecule has 2 unspecified atom stereocenters. The number of piperidine rings is 1.